The summed E-state index contributed by atoms with van der Waals surface area (Å²) in [6, 6.07) is 12.8. The molecule has 0 bridgehead atoms. The number of carbonyl (C=O) groups is 1. The third-order valence-corrected chi connectivity index (χ3v) is 3.81. The van der Waals surface area contributed by atoms with E-state index in [2.05, 4.69) is 0 Å². The van der Waals surface area contributed by atoms with Crippen LogP contribution in [-0.2, 0) is 6.54 Å². The number of rotatable bonds is 1. The topological polar surface area (TPSA) is 55.6 Å². The fourth-order valence-electron chi connectivity index (χ4n) is 2.42. The highest BCUT2D eigenvalue weighted by Gasteiger charge is 2.24. The molecule has 21 heavy (non-hydrogen) atoms. The molecule has 2 N–H and O–H groups in total. The van der Waals surface area contributed by atoms with Gasteiger partial charge in [-0.25, -0.2) is 0 Å². The van der Waals surface area contributed by atoms with Crippen LogP contribution in [0, 0.1) is 0 Å². The lowest BCUT2D eigenvalue weighted by molar-refractivity contribution is 0.0734. The Morgan fingerprint density at radius 2 is 2.00 bits per heavy atom. The van der Waals surface area contributed by atoms with Gasteiger partial charge in [-0.05, 0) is 18.2 Å². The number of nitrogens with zero attached hydrogens (tertiary/aromatic N) is 1. The summed E-state index contributed by atoms with van der Waals surface area (Å²) in [5.74, 6) is 0.651. The predicted octanol–water partition coefficient (Wildman–Crippen LogP) is 2.96. The SMILES string of the molecule is Nc1cccc(Cl)c1C(=O)N1CCOc2ccccc2C1. The number of nitrogens with two attached hydrogens (primary N) is 1. The van der Waals surface area contributed by atoms with Gasteiger partial charge in [0.25, 0.3) is 5.91 Å². The third-order valence-electron chi connectivity index (χ3n) is 3.50. The summed E-state index contributed by atoms with van der Waals surface area (Å²) in [5, 5.41) is 0.374. The highest BCUT2D eigenvalue weighted by atomic mass is 35.5. The van der Waals surface area contributed by atoms with Gasteiger partial charge in [-0.2, -0.15) is 0 Å². The molecular formula is C16H15ClN2O2. The zero-order valence-electron chi connectivity index (χ0n) is 11.4. The molecule has 1 aliphatic heterocycles. The number of amides is 1. The summed E-state index contributed by atoms with van der Waals surface area (Å²) in [6.45, 7) is 1.44. The number of benzene rings is 2. The zero-order chi connectivity index (χ0) is 14.8. The van der Waals surface area contributed by atoms with Crippen LogP contribution in [0.15, 0.2) is 42.5 Å². The summed E-state index contributed by atoms with van der Waals surface area (Å²) in [6.07, 6.45) is 0. The Morgan fingerprint density at radius 3 is 2.81 bits per heavy atom. The van der Waals surface area contributed by atoms with Crippen molar-refractivity contribution in [2.75, 3.05) is 18.9 Å². The number of ether oxygens (including phenoxy) is 1. The number of carbonyl (C=O) groups excluding carboxylic acids is 1. The van der Waals surface area contributed by atoms with Gasteiger partial charge in [0.05, 0.1) is 17.1 Å². The number of para-hydroxylation sites is 1. The molecule has 0 aromatic heterocycles. The predicted molar refractivity (Wildman–Crippen MR) is 82.5 cm³/mol. The lowest BCUT2D eigenvalue weighted by atomic mass is 10.1. The summed E-state index contributed by atoms with van der Waals surface area (Å²) in [7, 11) is 0. The van der Waals surface area contributed by atoms with Crippen molar-refractivity contribution in [3.63, 3.8) is 0 Å². The fourth-order valence-corrected chi connectivity index (χ4v) is 2.69. The van der Waals surface area contributed by atoms with E-state index in [0.717, 1.165) is 11.3 Å². The van der Waals surface area contributed by atoms with E-state index in [1.807, 2.05) is 24.3 Å². The van der Waals surface area contributed by atoms with Crippen LogP contribution in [0.4, 0.5) is 5.69 Å². The van der Waals surface area contributed by atoms with Crippen LogP contribution in [-0.4, -0.2) is 24.0 Å². The molecule has 0 saturated heterocycles. The lowest BCUT2D eigenvalue weighted by Gasteiger charge is -2.21. The van der Waals surface area contributed by atoms with Crippen LogP contribution in [0.2, 0.25) is 5.02 Å². The molecule has 0 unspecified atom stereocenters. The first-order chi connectivity index (χ1) is 10.2. The Hall–Kier alpha value is -2.20. The van der Waals surface area contributed by atoms with Crippen molar-refractivity contribution in [2.24, 2.45) is 0 Å². The minimum atomic E-state index is -0.168. The second-order valence-corrected chi connectivity index (χ2v) is 5.29. The molecule has 3 rings (SSSR count). The first-order valence-corrected chi connectivity index (χ1v) is 7.08. The van der Waals surface area contributed by atoms with E-state index < -0.39 is 0 Å². The van der Waals surface area contributed by atoms with Gasteiger partial charge in [-0.15, -0.1) is 0 Å². The van der Waals surface area contributed by atoms with Crippen LogP contribution in [0.25, 0.3) is 0 Å². The molecular weight excluding hydrogens is 288 g/mol. The number of anilines is 1. The molecule has 1 aliphatic rings. The summed E-state index contributed by atoms with van der Waals surface area (Å²) in [5.41, 5.74) is 7.63. The molecule has 0 atom stereocenters. The molecule has 0 radical (unpaired) electrons. The second kappa shape index (κ2) is 5.66. The average Bonchev–Trinajstić information content (AvgIpc) is 2.69. The second-order valence-electron chi connectivity index (χ2n) is 4.89. The smallest absolute Gasteiger partial charge is 0.257 e. The highest BCUT2D eigenvalue weighted by molar-refractivity contribution is 6.34. The van der Waals surface area contributed by atoms with Crippen molar-refractivity contribution >= 4 is 23.2 Å². The van der Waals surface area contributed by atoms with E-state index in [0.29, 0.717) is 36.0 Å². The number of halogens is 1. The van der Waals surface area contributed by atoms with Crippen molar-refractivity contribution in [3.8, 4) is 5.75 Å². The molecule has 0 spiro atoms. The molecule has 1 amide bonds. The van der Waals surface area contributed by atoms with E-state index in [-0.39, 0.29) is 5.91 Å². The van der Waals surface area contributed by atoms with Crippen molar-refractivity contribution in [2.45, 2.75) is 6.54 Å². The summed E-state index contributed by atoms with van der Waals surface area (Å²) < 4.78 is 5.67. The number of nitrogen functional groups attached to an aromatic ring is 1. The average molecular weight is 303 g/mol. The Morgan fingerprint density at radius 1 is 1.19 bits per heavy atom. The molecule has 0 aliphatic carbocycles. The van der Waals surface area contributed by atoms with Crippen molar-refractivity contribution in [3.05, 3.63) is 58.6 Å². The van der Waals surface area contributed by atoms with Crippen LogP contribution >= 0.6 is 11.6 Å². The van der Waals surface area contributed by atoms with Crippen molar-refractivity contribution in [1.29, 1.82) is 0 Å². The van der Waals surface area contributed by atoms with E-state index in [1.165, 1.54) is 0 Å². The monoisotopic (exact) mass is 302 g/mol. The summed E-state index contributed by atoms with van der Waals surface area (Å²) in [4.78, 5) is 14.4. The number of hydrogen-bond donors (Lipinski definition) is 1. The normalized spacial score (nSPS) is 14.0. The molecule has 2 aromatic rings. The van der Waals surface area contributed by atoms with Crippen molar-refractivity contribution in [1.82, 2.24) is 4.90 Å². The van der Waals surface area contributed by atoms with Crippen LogP contribution in [0.5, 0.6) is 5.75 Å². The molecule has 0 fully saturated rings. The largest absolute Gasteiger partial charge is 0.491 e. The standard InChI is InChI=1S/C16H15ClN2O2/c17-12-5-3-6-13(18)15(12)16(20)19-8-9-21-14-7-2-1-4-11(14)10-19/h1-7H,8-10,18H2. The van der Waals surface area contributed by atoms with Gasteiger partial charge in [0, 0.05) is 17.8 Å². The molecule has 0 saturated carbocycles. The Kier molecular flexibility index (Phi) is 3.71. The van der Waals surface area contributed by atoms with E-state index in [1.54, 1.807) is 23.1 Å². The number of hydrogen-bond acceptors (Lipinski definition) is 3. The van der Waals surface area contributed by atoms with Gasteiger partial charge in [-0.1, -0.05) is 35.9 Å². The zero-order valence-corrected chi connectivity index (χ0v) is 12.1. The van der Waals surface area contributed by atoms with E-state index in [9.17, 15) is 4.79 Å². The van der Waals surface area contributed by atoms with Gasteiger partial charge in [0.1, 0.15) is 12.4 Å². The van der Waals surface area contributed by atoms with Crippen molar-refractivity contribution < 1.29 is 9.53 Å². The first-order valence-electron chi connectivity index (χ1n) is 6.71. The first kappa shape index (κ1) is 13.8. The maximum absolute atomic E-state index is 12.7. The van der Waals surface area contributed by atoms with E-state index >= 15 is 0 Å². The Labute approximate surface area is 128 Å². The Bertz CT molecular complexity index is 667. The third kappa shape index (κ3) is 2.67. The maximum atomic E-state index is 12.7. The van der Waals surface area contributed by atoms with E-state index in [4.69, 9.17) is 22.1 Å². The number of fused-ring (bicyclic) bond motifs is 1. The fraction of sp³-hybridized carbons (Fsp3) is 0.188. The van der Waals surface area contributed by atoms with Gasteiger partial charge in [0.15, 0.2) is 0 Å². The minimum absolute atomic E-state index is 0.168. The minimum Gasteiger partial charge on any atom is -0.491 e. The van der Waals surface area contributed by atoms with Crippen LogP contribution in [0.3, 0.4) is 0 Å². The maximum Gasteiger partial charge on any atom is 0.257 e. The highest BCUT2D eigenvalue weighted by Crippen LogP contribution is 2.27. The Balaban J connectivity index is 1.92. The van der Waals surface area contributed by atoms with Gasteiger partial charge >= 0.3 is 0 Å². The molecule has 5 heteroatoms. The van der Waals surface area contributed by atoms with Gasteiger partial charge in [0.2, 0.25) is 0 Å². The van der Waals surface area contributed by atoms with Gasteiger partial charge in [-0.3, -0.25) is 4.79 Å². The molecule has 2 aromatic carbocycles. The molecule has 1 heterocycles. The molecule has 4 nitrogen and oxygen atoms in total. The van der Waals surface area contributed by atoms with Crippen LogP contribution < -0.4 is 10.5 Å². The summed E-state index contributed by atoms with van der Waals surface area (Å²) >= 11 is 6.13. The lowest BCUT2D eigenvalue weighted by Crippen LogP contribution is -2.33. The van der Waals surface area contributed by atoms with Gasteiger partial charge < -0.3 is 15.4 Å². The molecule has 108 valence electrons. The quantitative estimate of drug-likeness (QED) is 0.824. The van der Waals surface area contributed by atoms with Crippen LogP contribution in [0.1, 0.15) is 15.9 Å².